The van der Waals surface area contributed by atoms with Crippen LogP contribution in [0.1, 0.15) is 45.8 Å². The van der Waals surface area contributed by atoms with Crippen molar-refractivity contribution in [1.82, 2.24) is 0 Å². The molecular formula is C32H30N3O4S+. The van der Waals surface area contributed by atoms with Crippen LogP contribution in [0.4, 0.5) is 5.69 Å². The third-order valence-electron chi connectivity index (χ3n) is 8.20. The summed E-state index contributed by atoms with van der Waals surface area (Å²) >= 11 is 0. The van der Waals surface area contributed by atoms with Gasteiger partial charge in [-0.3, -0.25) is 0 Å². The van der Waals surface area contributed by atoms with Crippen molar-refractivity contribution in [1.29, 1.82) is 0 Å². The van der Waals surface area contributed by atoms with Gasteiger partial charge in [0.05, 0.1) is 0 Å². The van der Waals surface area contributed by atoms with Gasteiger partial charge in [0.1, 0.15) is 18.0 Å². The molecule has 0 bridgehead atoms. The number of amides is 1. The van der Waals surface area contributed by atoms with Crippen molar-refractivity contribution in [2.24, 2.45) is 5.73 Å². The van der Waals surface area contributed by atoms with E-state index in [0.717, 1.165) is 22.4 Å². The fourth-order valence-electron chi connectivity index (χ4n) is 5.87. The molecule has 3 heterocycles. The molecule has 202 valence electrons. The number of quaternary nitrogens is 1. The van der Waals surface area contributed by atoms with E-state index in [4.69, 9.17) is 10.2 Å². The van der Waals surface area contributed by atoms with Crippen LogP contribution in [-0.4, -0.2) is 37.8 Å². The van der Waals surface area contributed by atoms with Gasteiger partial charge in [-0.1, -0.05) is 54.5 Å². The maximum absolute atomic E-state index is 14.2. The van der Waals surface area contributed by atoms with E-state index >= 15 is 0 Å². The first-order valence-corrected chi connectivity index (χ1v) is 14.8. The molecule has 0 unspecified atom stereocenters. The number of piperidine rings is 1. The van der Waals surface area contributed by atoms with Gasteiger partial charge in [-0.05, 0) is 59.5 Å². The number of nitrogens with two attached hydrogens (primary N) is 1. The van der Waals surface area contributed by atoms with Crippen molar-refractivity contribution >= 4 is 21.6 Å². The Morgan fingerprint density at radius 3 is 2.33 bits per heavy atom. The summed E-state index contributed by atoms with van der Waals surface area (Å²) in [6, 6.07) is 27.0. The first-order chi connectivity index (χ1) is 19.4. The largest absolute Gasteiger partial charge is 0.438 e. The number of hydrogen-bond acceptors (Lipinski definition) is 6. The van der Waals surface area contributed by atoms with Gasteiger partial charge in [0.25, 0.3) is 0 Å². The highest BCUT2D eigenvalue weighted by Gasteiger charge is 2.58. The van der Waals surface area contributed by atoms with Crippen molar-refractivity contribution in [2.45, 2.75) is 29.7 Å². The van der Waals surface area contributed by atoms with Crippen LogP contribution in [0.3, 0.4) is 0 Å². The summed E-state index contributed by atoms with van der Waals surface area (Å²) in [6.07, 6.45) is 1.03. The Bertz CT molecular complexity index is 1730. The Morgan fingerprint density at radius 1 is 0.925 bits per heavy atom. The molecule has 6 rings (SSSR count). The van der Waals surface area contributed by atoms with E-state index in [2.05, 4.69) is 23.2 Å². The predicted molar refractivity (Wildman–Crippen MR) is 153 cm³/mol. The van der Waals surface area contributed by atoms with E-state index in [1.54, 1.807) is 36.4 Å². The summed E-state index contributed by atoms with van der Waals surface area (Å²) in [4.78, 5) is 14.3. The van der Waals surface area contributed by atoms with Crippen LogP contribution >= 0.6 is 0 Å². The highest BCUT2D eigenvalue weighted by Crippen LogP contribution is 2.47. The summed E-state index contributed by atoms with van der Waals surface area (Å²) in [6.45, 7) is 1.36. The van der Waals surface area contributed by atoms with Crippen molar-refractivity contribution in [2.75, 3.05) is 25.0 Å². The molecule has 0 saturated carbocycles. The lowest BCUT2D eigenvalue weighted by molar-refractivity contribution is -0.730. The van der Waals surface area contributed by atoms with Crippen molar-refractivity contribution in [3.8, 4) is 11.8 Å². The lowest BCUT2D eigenvalue weighted by Crippen LogP contribution is -2.62. The van der Waals surface area contributed by atoms with Crippen molar-refractivity contribution < 1.29 is 21.5 Å². The quantitative estimate of drug-likeness (QED) is 0.283. The van der Waals surface area contributed by atoms with E-state index in [1.807, 2.05) is 42.5 Å². The van der Waals surface area contributed by atoms with Crippen LogP contribution in [0.2, 0.25) is 0 Å². The molecule has 7 nitrogen and oxygen atoms in total. The first-order valence-electron chi connectivity index (χ1n) is 13.3. The Balaban J connectivity index is 1.37. The number of sulfonamides is 1. The SMILES string of the molecule is NCc1ccc2c(c1)C1(CC[N+](C(=O)c3ccc(C#Cc4ccccc4)o3)(S(=O)(=O)c3ccccc3)CC1)CN2. The average Bonchev–Trinajstić information content (AvgIpc) is 3.62. The Kier molecular flexibility index (Phi) is 6.59. The van der Waals surface area contributed by atoms with E-state index < -0.39 is 19.8 Å². The van der Waals surface area contributed by atoms with Gasteiger partial charge < -0.3 is 15.5 Å². The Labute approximate surface area is 234 Å². The number of nitrogens with one attached hydrogen (secondary N) is 1. The standard InChI is InChI=1S/C32H30N3O4S/c33-22-25-12-15-29-28(21-25)32(23-34-29)17-19-35(20-18-32,40(37,38)27-9-5-2-6-10-27)31(36)30-16-14-26(39-30)13-11-24-7-3-1-4-8-24/h1-10,12,14-16,21,34H,17-20,22-23,33H2/q+1. The first kappa shape index (κ1) is 26.1. The molecule has 1 amide bonds. The smallest absolute Gasteiger partial charge is 0.396 e. The van der Waals surface area contributed by atoms with Gasteiger partial charge in [-0.2, -0.15) is 8.42 Å². The molecular weight excluding hydrogens is 522 g/mol. The monoisotopic (exact) mass is 552 g/mol. The number of hydrogen-bond donors (Lipinski definition) is 2. The summed E-state index contributed by atoms with van der Waals surface area (Å²) in [5.41, 5.74) is 9.68. The molecule has 0 radical (unpaired) electrons. The molecule has 3 aromatic carbocycles. The third-order valence-corrected chi connectivity index (χ3v) is 10.5. The third kappa shape index (κ3) is 4.33. The number of fused-ring (bicyclic) bond motifs is 2. The fraction of sp³-hybridized carbons (Fsp3) is 0.219. The lowest BCUT2D eigenvalue weighted by Gasteiger charge is -2.43. The summed E-state index contributed by atoms with van der Waals surface area (Å²) in [7, 11) is -4.10. The predicted octanol–water partition coefficient (Wildman–Crippen LogP) is 4.64. The van der Waals surface area contributed by atoms with Crippen molar-refractivity contribution in [3.05, 3.63) is 119 Å². The normalized spacial score (nSPS) is 21.7. The molecule has 4 aromatic rings. The maximum Gasteiger partial charge on any atom is 0.396 e. The van der Waals surface area contributed by atoms with Gasteiger partial charge in [0.2, 0.25) is 5.76 Å². The van der Waals surface area contributed by atoms with Gasteiger partial charge >= 0.3 is 15.9 Å². The summed E-state index contributed by atoms with van der Waals surface area (Å²) in [5, 5.41) is 3.49. The number of anilines is 1. The maximum atomic E-state index is 14.2. The number of carbonyl (C=O) groups is 1. The number of likely N-dealkylation sites (tertiary alicyclic amines) is 1. The highest BCUT2D eigenvalue weighted by molar-refractivity contribution is 7.86. The van der Waals surface area contributed by atoms with Gasteiger partial charge in [0, 0.05) is 42.6 Å². The zero-order valence-corrected chi connectivity index (χ0v) is 22.8. The van der Waals surface area contributed by atoms with Crippen LogP contribution in [0.15, 0.2) is 100 Å². The Morgan fingerprint density at radius 2 is 1.62 bits per heavy atom. The molecule has 40 heavy (non-hydrogen) atoms. The number of benzene rings is 3. The number of furan rings is 1. The van der Waals surface area contributed by atoms with E-state index in [-0.39, 0.29) is 29.2 Å². The minimum absolute atomic E-state index is 0.0109. The van der Waals surface area contributed by atoms with Crippen LogP contribution in [0.5, 0.6) is 0 Å². The van der Waals surface area contributed by atoms with Gasteiger partial charge in [-0.15, -0.1) is 3.89 Å². The minimum atomic E-state index is -4.10. The molecule has 1 spiro atoms. The summed E-state index contributed by atoms with van der Waals surface area (Å²) in [5.74, 6) is 5.67. The Hall–Kier alpha value is -4.16. The van der Waals surface area contributed by atoms with E-state index in [0.29, 0.717) is 31.7 Å². The number of rotatable bonds is 4. The molecule has 0 aliphatic carbocycles. The molecule has 1 aromatic heterocycles. The topological polar surface area (TPSA) is 102 Å². The van der Waals surface area contributed by atoms with Crippen LogP contribution in [-0.2, 0) is 22.0 Å². The molecule has 2 aliphatic rings. The highest BCUT2D eigenvalue weighted by atomic mass is 32.2. The molecule has 0 atom stereocenters. The molecule has 3 N–H and O–H groups in total. The second kappa shape index (κ2) is 10.1. The lowest BCUT2D eigenvalue weighted by atomic mass is 9.74. The van der Waals surface area contributed by atoms with E-state index in [1.165, 1.54) is 6.07 Å². The van der Waals surface area contributed by atoms with Crippen molar-refractivity contribution in [3.63, 3.8) is 0 Å². The second-order valence-corrected chi connectivity index (χ2v) is 12.5. The molecule has 8 heteroatoms. The molecule has 1 saturated heterocycles. The molecule has 2 aliphatic heterocycles. The number of carbonyl (C=O) groups excluding carboxylic acids is 1. The number of nitrogens with zero attached hydrogens (tertiary/aromatic N) is 1. The molecule has 1 fully saturated rings. The fourth-order valence-corrected chi connectivity index (χ4v) is 7.74. The zero-order valence-electron chi connectivity index (χ0n) is 22.0. The second-order valence-electron chi connectivity index (χ2n) is 10.4. The van der Waals surface area contributed by atoms with Crippen LogP contribution < -0.4 is 11.1 Å². The minimum Gasteiger partial charge on any atom is -0.438 e. The van der Waals surface area contributed by atoms with Crippen LogP contribution in [0, 0.1) is 11.8 Å². The summed E-state index contributed by atoms with van der Waals surface area (Å²) < 4.78 is 33.6. The van der Waals surface area contributed by atoms with E-state index in [9.17, 15) is 13.2 Å². The van der Waals surface area contributed by atoms with Gasteiger partial charge in [0.15, 0.2) is 5.76 Å². The zero-order chi connectivity index (χ0) is 27.8. The van der Waals surface area contributed by atoms with Gasteiger partial charge in [-0.25, -0.2) is 4.79 Å². The average molecular weight is 553 g/mol. The van der Waals surface area contributed by atoms with Crippen LogP contribution in [0.25, 0.3) is 0 Å².